The van der Waals surface area contributed by atoms with Gasteiger partial charge in [-0.1, -0.05) is 19.1 Å². The van der Waals surface area contributed by atoms with Crippen molar-refractivity contribution >= 4 is 17.5 Å². The zero-order valence-corrected chi connectivity index (χ0v) is 22.5. The van der Waals surface area contributed by atoms with Gasteiger partial charge in [0, 0.05) is 57.7 Å². The first kappa shape index (κ1) is 29.5. The first-order valence-electron chi connectivity index (χ1n) is 13.4. The number of carbonyl (C=O) groups excluding carboxylic acids is 2. The Labute approximate surface area is 223 Å². The molecule has 6 nitrogen and oxygen atoms in total. The molecule has 0 radical (unpaired) electrons. The second-order valence-electron chi connectivity index (χ2n) is 9.83. The number of fused-ring (bicyclic) bond motifs is 1. The Bertz CT molecular complexity index is 1100. The van der Waals surface area contributed by atoms with Crippen LogP contribution in [-0.2, 0) is 16.1 Å². The molecule has 0 saturated carbocycles. The molecule has 0 unspecified atom stereocenters. The van der Waals surface area contributed by atoms with E-state index in [2.05, 4.69) is 18.7 Å². The number of anilines is 1. The van der Waals surface area contributed by atoms with E-state index < -0.39 is 17.5 Å². The Kier molecular flexibility index (Phi) is 11.0. The van der Waals surface area contributed by atoms with Gasteiger partial charge in [0.1, 0.15) is 0 Å². The standard InChI is InChI=1S/C29H38F3N3O3/c1-4-28(36)35-16-9-14-33(21(2)3)13-8-15-34(20-22-18-24(31)25(32)19-26(22)35)29(37)12-7-17-38-27-11-6-5-10-23(27)30/h5-6,10-11,18-19,21H,4,7-9,12-17,20H2,1-3H3. The fraction of sp³-hybridized carbons (Fsp3) is 0.517. The van der Waals surface area contributed by atoms with Crippen LogP contribution in [0.5, 0.6) is 5.75 Å². The van der Waals surface area contributed by atoms with E-state index in [9.17, 15) is 22.8 Å². The van der Waals surface area contributed by atoms with Crippen LogP contribution in [0, 0.1) is 17.5 Å². The highest BCUT2D eigenvalue weighted by molar-refractivity contribution is 5.94. The van der Waals surface area contributed by atoms with Gasteiger partial charge in [-0.3, -0.25) is 9.59 Å². The van der Waals surface area contributed by atoms with Gasteiger partial charge >= 0.3 is 0 Å². The van der Waals surface area contributed by atoms with Gasteiger partial charge in [0.15, 0.2) is 23.2 Å². The van der Waals surface area contributed by atoms with Crippen molar-refractivity contribution in [3.8, 4) is 5.75 Å². The quantitative estimate of drug-likeness (QED) is 0.439. The van der Waals surface area contributed by atoms with Gasteiger partial charge in [-0.2, -0.15) is 0 Å². The van der Waals surface area contributed by atoms with Gasteiger partial charge in [0.2, 0.25) is 11.8 Å². The minimum absolute atomic E-state index is 0.0503. The van der Waals surface area contributed by atoms with Crippen LogP contribution >= 0.6 is 0 Å². The minimum Gasteiger partial charge on any atom is -0.491 e. The first-order valence-corrected chi connectivity index (χ1v) is 13.4. The Balaban J connectivity index is 1.82. The Morgan fingerprint density at radius 3 is 2.29 bits per heavy atom. The van der Waals surface area contributed by atoms with Crippen molar-refractivity contribution in [3.63, 3.8) is 0 Å². The van der Waals surface area contributed by atoms with Gasteiger partial charge in [0.05, 0.1) is 12.3 Å². The summed E-state index contributed by atoms with van der Waals surface area (Å²) in [5.41, 5.74) is 0.691. The second-order valence-corrected chi connectivity index (χ2v) is 9.83. The molecule has 0 spiro atoms. The largest absolute Gasteiger partial charge is 0.491 e. The number of nitrogens with zero attached hydrogens (tertiary/aromatic N) is 3. The summed E-state index contributed by atoms with van der Waals surface area (Å²) in [6, 6.07) is 8.53. The number of benzene rings is 2. The van der Waals surface area contributed by atoms with Crippen LogP contribution in [0.3, 0.4) is 0 Å². The van der Waals surface area contributed by atoms with Crippen molar-refractivity contribution in [1.29, 1.82) is 0 Å². The minimum atomic E-state index is -1.03. The van der Waals surface area contributed by atoms with E-state index in [0.29, 0.717) is 43.6 Å². The third-order valence-electron chi connectivity index (χ3n) is 6.79. The lowest BCUT2D eigenvalue weighted by atomic mass is 10.1. The zero-order chi connectivity index (χ0) is 27.7. The van der Waals surface area contributed by atoms with Crippen molar-refractivity contribution < 1.29 is 27.5 Å². The SMILES string of the molecule is CCC(=O)N1CCCN(C(C)C)CCCN(C(=O)CCCOc2ccccc2F)Cc2cc(F)c(F)cc21. The predicted octanol–water partition coefficient (Wildman–Crippen LogP) is 5.54. The molecule has 0 fully saturated rings. The van der Waals surface area contributed by atoms with Gasteiger partial charge in [-0.15, -0.1) is 0 Å². The van der Waals surface area contributed by atoms with Crippen LogP contribution in [0.15, 0.2) is 36.4 Å². The van der Waals surface area contributed by atoms with E-state index in [1.807, 2.05) is 0 Å². The predicted molar refractivity (Wildman–Crippen MR) is 141 cm³/mol. The van der Waals surface area contributed by atoms with Crippen molar-refractivity contribution in [2.45, 2.75) is 65.5 Å². The third kappa shape index (κ3) is 7.96. The Hall–Kier alpha value is -3.07. The van der Waals surface area contributed by atoms with E-state index in [1.54, 1.807) is 24.0 Å². The summed E-state index contributed by atoms with van der Waals surface area (Å²) < 4.78 is 48.0. The molecule has 2 aromatic rings. The average Bonchev–Trinajstić information content (AvgIpc) is 2.88. The molecule has 0 saturated heterocycles. The maximum atomic E-state index is 14.4. The lowest BCUT2D eigenvalue weighted by molar-refractivity contribution is -0.132. The van der Waals surface area contributed by atoms with E-state index in [4.69, 9.17) is 4.74 Å². The van der Waals surface area contributed by atoms with Gasteiger partial charge in [-0.05, 0) is 56.9 Å². The van der Waals surface area contributed by atoms with E-state index >= 15 is 0 Å². The van der Waals surface area contributed by atoms with E-state index in [-0.39, 0.29) is 49.6 Å². The molecule has 0 aromatic heterocycles. The molecule has 1 heterocycles. The number of carbonyl (C=O) groups is 2. The molecule has 9 heteroatoms. The van der Waals surface area contributed by atoms with Crippen LogP contribution in [0.2, 0.25) is 0 Å². The summed E-state index contributed by atoms with van der Waals surface area (Å²) in [5, 5.41) is 0. The molecular weight excluding hydrogens is 495 g/mol. The summed E-state index contributed by atoms with van der Waals surface area (Å²) in [6.07, 6.45) is 2.14. The van der Waals surface area contributed by atoms with Gasteiger partial charge < -0.3 is 19.4 Å². The van der Waals surface area contributed by atoms with Crippen LogP contribution < -0.4 is 9.64 Å². The molecule has 38 heavy (non-hydrogen) atoms. The number of amides is 2. The normalized spacial score (nSPS) is 15.6. The summed E-state index contributed by atoms with van der Waals surface area (Å²) in [6.45, 7) is 8.46. The van der Waals surface area contributed by atoms with E-state index in [1.165, 1.54) is 17.0 Å². The van der Waals surface area contributed by atoms with Crippen LogP contribution in [0.4, 0.5) is 18.9 Å². The lowest BCUT2D eigenvalue weighted by Crippen LogP contribution is -2.40. The molecule has 1 aliphatic rings. The molecular formula is C29H38F3N3O3. The van der Waals surface area contributed by atoms with Crippen molar-refractivity contribution in [2.75, 3.05) is 37.7 Å². The number of para-hydroxylation sites is 1. The second kappa shape index (κ2) is 14.2. The summed E-state index contributed by atoms with van der Waals surface area (Å²) in [4.78, 5) is 31.6. The average molecular weight is 534 g/mol. The maximum Gasteiger partial charge on any atom is 0.226 e. The molecule has 0 atom stereocenters. The highest BCUT2D eigenvalue weighted by atomic mass is 19.2. The monoisotopic (exact) mass is 533 g/mol. The van der Waals surface area contributed by atoms with Gasteiger partial charge in [0.25, 0.3) is 0 Å². The van der Waals surface area contributed by atoms with Crippen molar-refractivity contribution in [1.82, 2.24) is 9.80 Å². The maximum absolute atomic E-state index is 14.4. The highest BCUT2D eigenvalue weighted by Crippen LogP contribution is 2.28. The summed E-state index contributed by atoms with van der Waals surface area (Å²) >= 11 is 0. The van der Waals surface area contributed by atoms with E-state index in [0.717, 1.165) is 25.2 Å². The Morgan fingerprint density at radius 1 is 0.921 bits per heavy atom. The topological polar surface area (TPSA) is 53.1 Å². The fourth-order valence-corrected chi connectivity index (χ4v) is 4.67. The third-order valence-corrected chi connectivity index (χ3v) is 6.79. The molecule has 3 rings (SSSR count). The molecule has 0 N–H and O–H groups in total. The van der Waals surface area contributed by atoms with Crippen molar-refractivity contribution in [3.05, 3.63) is 59.4 Å². The number of ether oxygens (including phenoxy) is 1. The molecule has 2 amide bonds. The summed E-state index contributed by atoms with van der Waals surface area (Å²) in [7, 11) is 0. The molecule has 2 aromatic carbocycles. The fourth-order valence-electron chi connectivity index (χ4n) is 4.67. The number of hydrogen-bond acceptors (Lipinski definition) is 4. The number of rotatable bonds is 7. The van der Waals surface area contributed by atoms with Crippen LogP contribution in [0.1, 0.15) is 58.4 Å². The molecule has 1 aliphatic heterocycles. The highest BCUT2D eigenvalue weighted by Gasteiger charge is 2.24. The zero-order valence-electron chi connectivity index (χ0n) is 22.5. The molecule has 0 aliphatic carbocycles. The molecule has 0 bridgehead atoms. The number of hydrogen-bond donors (Lipinski definition) is 0. The van der Waals surface area contributed by atoms with Crippen molar-refractivity contribution in [2.24, 2.45) is 0 Å². The Morgan fingerprint density at radius 2 is 1.61 bits per heavy atom. The lowest BCUT2D eigenvalue weighted by Gasteiger charge is -2.33. The smallest absolute Gasteiger partial charge is 0.226 e. The molecule has 208 valence electrons. The van der Waals surface area contributed by atoms with Crippen LogP contribution in [-0.4, -0.2) is 60.4 Å². The number of halogens is 3. The summed E-state index contributed by atoms with van der Waals surface area (Å²) in [5.74, 6) is -2.73. The first-order chi connectivity index (χ1) is 18.2. The van der Waals surface area contributed by atoms with Gasteiger partial charge in [-0.25, -0.2) is 13.2 Å². The van der Waals surface area contributed by atoms with Crippen LogP contribution in [0.25, 0.3) is 0 Å².